The summed E-state index contributed by atoms with van der Waals surface area (Å²) < 4.78 is 16.0. The van der Waals surface area contributed by atoms with Gasteiger partial charge in [0.25, 0.3) is 0 Å². The maximum Gasteiger partial charge on any atom is 0.222 e. The Kier molecular flexibility index (Phi) is 2.91. The zero-order valence-corrected chi connectivity index (χ0v) is 10.8. The van der Waals surface area contributed by atoms with E-state index in [1.807, 2.05) is 24.3 Å². The predicted octanol–water partition coefficient (Wildman–Crippen LogP) is 2.34. The van der Waals surface area contributed by atoms with Gasteiger partial charge in [-0.2, -0.15) is 0 Å². The van der Waals surface area contributed by atoms with E-state index in [1.165, 1.54) is 0 Å². The molecule has 0 atom stereocenters. The summed E-state index contributed by atoms with van der Waals surface area (Å²) in [4.78, 5) is 0. The van der Waals surface area contributed by atoms with Crippen molar-refractivity contribution in [3.8, 4) is 17.0 Å². The molecule has 19 heavy (non-hydrogen) atoms. The number of para-hydroxylation sites is 1. The molecule has 100 valence electrons. The average molecular weight is 260 g/mol. The fourth-order valence-electron chi connectivity index (χ4n) is 2.01. The Morgan fingerprint density at radius 2 is 2.16 bits per heavy atom. The minimum atomic E-state index is 0.107. The number of benzene rings is 1. The minimum absolute atomic E-state index is 0.107. The second-order valence-electron chi connectivity index (χ2n) is 5.20. The number of anilines is 1. The number of ether oxygens (including phenoxy) is 2. The first kappa shape index (κ1) is 12.0. The highest BCUT2D eigenvalue weighted by molar-refractivity contribution is 5.68. The van der Waals surface area contributed by atoms with Gasteiger partial charge in [-0.05, 0) is 12.1 Å². The monoisotopic (exact) mass is 260 g/mol. The fraction of sp³-hybridized carbons (Fsp3) is 0.357. The zero-order chi connectivity index (χ0) is 13.3. The molecule has 1 aromatic carbocycles. The van der Waals surface area contributed by atoms with Crippen molar-refractivity contribution in [3.05, 3.63) is 30.3 Å². The first-order chi connectivity index (χ1) is 9.16. The molecule has 0 bridgehead atoms. The van der Waals surface area contributed by atoms with Gasteiger partial charge in [0.2, 0.25) is 5.88 Å². The Hall–Kier alpha value is -2.01. The molecule has 3 rings (SSSR count). The van der Waals surface area contributed by atoms with Crippen molar-refractivity contribution in [1.29, 1.82) is 0 Å². The third-order valence-electron chi connectivity index (χ3n) is 3.17. The lowest BCUT2D eigenvalue weighted by atomic mass is 9.90. The van der Waals surface area contributed by atoms with Gasteiger partial charge >= 0.3 is 0 Å². The maximum absolute atomic E-state index is 5.91. The molecular formula is C14H16N2O3. The Bertz CT molecular complexity index is 576. The predicted molar refractivity (Wildman–Crippen MR) is 70.8 cm³/mol. The quantitative estimate of drug-likeness (QED) is 0.913. The molecule has 0 spiro atoms. The largest absolute Gasteiger partial charge is 0.492 e. The van der Waals surface area contributed by atoms with Crippen molar-refractivity contribution in [1.82, 2.24) is 5.16 Å². The van der Waals surface area contributed by atoms with Crippen molar-refractivity contribution in [3.63, 3.8) is 0 Å². The fourth-order valence-corrected chi connectivity index (χ4v) is 2.01. The Labute approximate surface area is 111 Å². The minimum Gasteiger partial charge on any atom is -0.492 e. The van der Waals surface area contributed by atoms with Gasteiger partial charge < -0.3 is 19.7 Å². The van der Waals surface area contributed by atoms with Crippen LogP contribution >= 0.6 is 0 Å². The highest BCUT2D eigenvalue weighted by atomic mass is 16.5. The SMILES string of the molecule is CC1(COc2ccccc2-c2cc(N)on2)COC1. The van der Waals surface area contributed by atoms with E-state index in [2.05, 4.69) is 12.1 Å². The molecular weight excluding hydrogens is 244 g/mol. The lowest BCUT2D eigenvalue weighted by Gasteiger charge is -2.37. The van der Waals surface area contributed by atoms with Crippen LogP contribution in [0.1, 0.15) is 6.92 Å². The molecule has 2 N–H and O–H groups in total. The topological polar surface area (TPSA) is 70.5 Å². The number of nitrogens with two attached hydrogens (primary N) is 1. The van der Waals surface area contributed by atoms with E-state index < -0.39 is 0 Å². The Balaban J connectivity index is 1.81. The summed E-state index contributed by atoms with van der Waals surface area (Å²) in [6.07, 6.45) is 0. The third kappa shape index (κ3) is 2.42. The molecule has 1 saturated heterocycles. The van der Waals surface area contributed by atoms with E-state index in [0.29, 0.717) is 18.2 Å². The lowest BCUT2D eigenvalue weighted by molar-refractivity contribution is -0.120. The van der Waals surface area contributed by atoms with Crippen molar-refractivity contribution >= 4 is 5.88 Å². The number of rotatable bonds is 4. The van der Waals surface area contributed by atoms with Crippen LogP contribution in [0.3, 0.4) is 0 Å². The van der Waals surface area contributed by atoms with Gasteiger partial charge in [-0.25, -0.2) is 0 Å². The first-order valence-electron chi connectivity index (χ1n) is 6.18. The van der Waals surface area contributed by atoms with Gasteiger partial charge in [-0.15, -0.1) is 0 Å². The van der Waals surface area contributed by atoms with Gasteiger partial charge in [0.15, 0.2) is 0 Å². The van der Waals surface area contributed by atoms with Crippen LogP contribution in [0.2, 0.25) is 0 Å². The van der Waals surface area contributed by atoms with Gasteiger partial charge in [0, 0.05) is 17.0 Å². The summed E-state index contributed by atoms with van der Waals surface area (Å²) in [6, 6.07) is 9.41. The molecule has 2 heterocycles. The van der Waals surface area contributed by atoms with Crippen LogP contribution in [0.5, 0.6) is 5.75 Å². The molecule has 0 aliphatic carbocycles. The molecule has 2 aromatic rings. The van der Waals surface area contributed by atoms with E-state index in [4.69, 9.17) is 19.7 Å². The summed E-state index contributed by atoms with van der Waals surface area (Å²) in [6.45, 7) is 4.25. The van der Waals surface area contributed by atoms with Crippen LogP contribution in [-0.2, 0) is 4.74 Å². The molecule has 1 fully saturated rings. The second-order valence-corrected chi connectivity index (χ2v) is 5.20. The second kappa shape index (κ2) is 4.59. The van der Waals surface area contributed by atoms with Crippen molar-refractivity contribution in [2.75, 3.05) is 25.6 Å². The standard InChI is InChI=1S/C14H16N2O3/c1-14(7-17-8-14)9-18-12-5-3-2-4-10(12)11-6-13(15)19-16-11/h2-6H,7-9,15H2,1H3. The van der Waals surface area contributed by atoms with Gasteiger partial charge in [-0.3, -0.25) is 0 Å². The van der Waals surface area contributed by atoms with Gasteiger partial charge in [-0.1, -0.05) is 24.2 Å². The van der Waals surface area contributed by atoms with Crippen molar-refractivity contribution in [2.24, 2.45) is 5.41 Å². The Morgan fingerprint density at radius 1 is 1.37 bits per heavy atom. The summed E-state index contributed by atoms with van der Waals surface area (Å²) >= 11 is 0. The number of aromatic nitrogens is 1. The number of hydrogen-bond acceptors (Lipinski definition) is 5. The molecule has 0 amide bonds. The number of nitrogen functional groups attached to an aromatic ring is 1. The average Bonchev–Trinajstić information content (AvgIpc) is 2.81. The highest BCUT2D eigenvalue weighted by Gasteiger charge is 2.34. The molecule has 1 aromatic heterocycles. The van der Waals surface area contributed by atoms with E-state index in [0.717, 1.165) is 24.5 Å². The first-order valence-corrected chi connectivity index (χ1v) is 6.18. The van der Waals surface area contributed by atoms with Crippen LogP contribution < -0.4 is 10.5 Å². The zero-order valence-electron chi connectivity index (χ0n) is 10.8. The molecule has 0 radical (unpaired) electrons. The van der Waals surface area contributed by atoms with Gasteiger partial charge in [0.1, 0.15) is 11.4 Å². The summed E-state index contributed by atoms with van der Waals surface area (Å²) in [5, 5.41) is 3.92. The smallest absolute Gasteiger partial charge is 0.222 e. The van der Waals surface area contributed by atoms with Crippen LogP contribution in [0, 0.1) is 5.41 Å². The lowest BCUT2D eigenvalue weighted by Crippen LogP contribution is -2.44. The van der Waals surface area contributed by atoms with Crippen molar-refractivity contribution < 1.29 is 14.0 Å². The normalized spacial score (nSPS) is 16.9. The molecule has 5 heteroatoms. The van der Waals surface area contributed by atoms with Crippen LogP contribution in [0.4, 0.5) is 5.88 Å². The summed E-state index contributed by atoms with van der Waals surface area (Å²) in [5.41, 5.74) is 7.23. The van der Waals surface area contributed by atoms with E-state index in [9.17, 15) is 0 Å². The van der Waals surface area contributed by atoms with E-state index >= 15 is 0 Å². The van der Waals surface area contributed by atoms with Gasteiger partial charge in [0.05, 0.1) is 19.8 Å². The molecule has 1 aliphatic rings. The molecule has 5 nitrogen and oxygen atoms in total. The molecule has 1 aliphatic heterocycles. The molecule has 0 saturated carbocycles. The third-order valence-corrected chi connectivity index (χ3v) is 3.17. The maximum atomic E-state index is 5.91. The van der Waals surface area contributed by atoms with Crippen LogP contribution in [0.25, 0.3) is 11.3 Å². The highest BCUT2D eigenvalue weighted by Crippen LogP contribution is 2.33. The van der Waals surface area contributed by atoms with E-state index in [1.54, 1.807) is 6.07 Å². The molecule has 0 unspecified atom stereocenters. The summed E-state index contributed by atoms with van der Waals surface area (Å²) in [5.74, 6) is 1.08. The van der Waals surface area contributed by atoms with E-state index in [-0.39, 0.29) is 5.41 Å². The Morgan fingerprint density at radius 3 is 2.79 bits per heavy atom. The van der Waals surface area contributed by atoms with Crippen LogP contribution in [-0.4, -0.2) is 25.0 Å². The number of nitrogens with zero attached hydrogens (tertiary/aromatic N) is 1. The summed E-state index contributed by atoms with van der Waals surface area (Å²) in [7, 11) is 0. The van der Waals surface area contributed by atoms with Crippen LogP contribution in [0.15, 0.2) is 34.9 Å². The number of hydrogen-bond donors (Lipinski definition) is 1. The van der Waals surface area contributed by atoms with Crippen molar-refractivity contribution in [2.45, 2.75) is 6.92 Å².